The fourth-order valence-corrected chi connectivity index (χ4v) is 1.61. The molecule has 90 valence electrons. The van der Waals surface area contributed by atoms with Crippen molar-refractivity contribution in [3.05, 3.63) is 12.2 Å². The van der Waals surface area contributed by atoms with Gasteiger partial charge in [0.1, 0.15) is 24.6 Å². The molecule has 1 saturated heterocycles. The van der Waals surface area contributed by atoms with Gasteiger partial charge in [-0.2, -0.15) is 0 Å². The molecule has 8 nitrogen and oxygen atoms in total. The highest BCUT2D eigenvalue weighted by Gasteiger charge is 2.43. The molecular formula is C8H14N3O5+. The van der Waals surface area contributed by atoms with Crippen molar-refractivity contribution in [1.29, 1.82) is 0 Å². The summed E-state index contributed by atoms with van der Waals surface area (Å²) in [5, 5.41) is 39.1. The van der Waals surface area contributed by atoms with Crippen molar-refractivity contribution < 1.29 is 25.2 Å². The number of nitrogens with zero attached hydrogens (tertiary/aromatic N) is 3. The van der Waals surface area contributed by atoms with Crippen LogP contribution in [0, 0.1) is 0 Å². The Morgan fingerprint density at radius 2 is 2.19 bits per heavy atom. The van der Waals surface area contributed by atoms with Crippen molar-refractivity contribution >= 4 is 0 Å². The third-order valence-electron chi connectivity index (χ3n) is 2.49. The number of rotatable bonds is 3. The van der Waals surface area contributed by atoms with E-state index in [1.165, 1.54) is 11.0 Å². The molecule has 0 aromatic carbocycles. The molecular weight excluding hydrogens is 218 g/mol. The number of hydrogen-bond donors (Lipinski definition) is 3. The minimum absolute atomic E-state index is 0.0677. The zero-order valence-electron chi connectivity index (χ0n) is 8.39. The van der Waals surface area contributed by atoms with Crippen molar-refractivity contribution in [2.75, 3.05) is 6.61 Å². The maximum absolute atomic E-state index is 9.67. The van der Waals surface area contributed by atoms with Crippen LogP contribution in [-0.4, -0.2) is 60.1 Å². The van der Waals surface area contributed by atoms with Crippen LogP contribution >= 0.6 is 0 Å². The van der Waals surface area contributed by atoms with Crippen LogP contribution in [0.15, 0.2) is 6.33 Å². The van der Waals surface area contributed by atoms with Crippen LogP contribution in [0.25, 0.3) is 0 Å². The van der Waals surface area contributed by atoms with Crippen LogP contribution in [0.2, 0.25) is 0 Å². The van der Waals surface area contributed by atoms with Crippen molar-refractivity contribution in [2.45, 2.75) is 31.1 Å². The van der Waals surface area contributed by atoms with Crippen LogP contribution in [-0.2, 0) is 11.3 Å². The van der Waals surface area contributed by atoms with Gasteiger partial charge >= 0.3 is 0 Å². The van der Waals surface area contributed by atoms with E-state index in [2.05, 4.69) is 10.1 Å². The van der Waals surface area contributed by atoms with Gasteiger partial charge in [-0.3, -0.25) is 0 Å². The highest BCUT2D eigenvalue weighted by Crippen LogP contribution is 2.28. The van der Waals surface area contributed by atoms with Gasteiger partial charge in [0.15, 0.2) is 6.23 Å². The van der Waals surface area contributed by atoms with Gasteiger partial charge in [0.25, 0.3) is 0 Å². The van der Waals surface area contributed by atoms with Gasteiger partial charge in [0, 0.05) is 0 Å². The second-order valence-corrected chi connectivity index (χ2v) is 3.55. The molecule has 0 spiro atoms. The third-order valence-corrected chi connectivity index (χ3v) is 2.49. The molecule has 0 saturated carbocycles. The minimum atomic E-state index is -1.17. The van der Waals surface area contributed by atoms with Crippen LogP contribution < -0.4 is 0 Å². The quantitative estimate of drug-likeness (QED) is 0.481. The van der Waals surface area contributed by atoms with Gasteiger partial charge in [-0.25, -0.2) is 9.67 Å². The zero-order valence-corrected chi connectivity index (χ0v) is 8.39. The highest BCUT2D eigenvalue weighted by atomic mass is 16.6. The first kappa shape index (κ1) is 11.4. The lowest BCUT2D eigenvalue weighted by Gasteiger charge is -2.13. The molecule has 1 aliphatic heterocycles. The minimum Gasteiger partial charge on any atom is -0.440 e. The van der Waals surface area contributed by atoms with Gasteiger partial charge in [-0.15, -0.1) is 5.10 Å². The second-order valence-electron chi connectivity index (χ2n) is 3.55. The van der Waals surface area contributed by atoms with Gasteiger partial charge in [-0.05, 0) is 0 Å². The normalized spacial score (nSPS) is 34.5. The molecule has 5 N–H and O–H groups in total. The maximum Gasteiger partial charge on any atom is 0.226 e. The first-order valence-electron chi connectivity index (χ1n) is 4.84. The number of ether oxygens (including phenoxy) is 1. The van der Waals surface area contributed by atoms with E-state index in [-0.39, 0.29) is 13.2 Å². The van der Waals surface area contributed by atoms with E-state index in [0.29, 0.717) is 5.82 Å². The molecule has 4 unspecified atom stereocenters. The van der Waals surface area contributed by atoms with Crippen LogP contribution in [0.4, 0.5) is 0 Å². The van der Waals surface area contributed by atoms with Crippen molar-refractivity contribution in [2.24, 2.45) is 0 Å². The van der Waals surface area contributed by atoms with Crippen LogP contribution in [0.3, 0.4) is 0 Å². The molecule has 16 heavy (non-hydrogen) atoms. The summed E-state index contributed by atoms with van der Waals surface area (Å²) >= 11 is 0. The molecule has 1 fully saturated rings. The molecule has 0 amide bonds. The standard InChI is InChI=1S/C8H13N3O5/c12-1-4-6(14)7(15)8(16-4)11-3-9-5(2-13)10-11/h3-4,6-8,12-15H,1-2H2/p+1. The lowest BCUT2D eigenvalue weighted by molar-refractivity contribution is -0.0590. The first-order chi connectivity index (χ1) is 7.67. The third kappa shape index (κ3) is 1.81. The van der Waals surface area contributed by atoms with E-state index in [4.69, 9.17) is 14.9 Å². The predicted molar refractivity (Wildman–Crippen MR) is 50.3 cm³/mol. The Balaban J connectivity index is 2.16. The molecule has 2 rings (SSSR count). The summed E-state index contributed by atoms with van der Waals surface area (Å²) in [5.74, 6) is 0.303. The van der Waals surface area contributed by atoms with E-state index >= 15 is 0 Å². The molecule has 0 bridgehead atoms. The Morgan fingerprint density at radius 1 is 1.44 bits per heavy atom. The largest absolute Gasteiger partial charge is 0.440 e. The molecule has 8 heteroatoms. The number of hydrogen-bond acceptors (Lipinski definition) is 6. The van der Waals surface area contributed by atoms with Crippen molar-refractivity contribution in [3.8, 4) is 0 Å². The molecule has 0 aliphatic carbocycles. The molecule has 1 aromatic rings. The van der Waals surface area contributed by atoms with Crippen molar-refractivity contribution in [3.63, 3.8) is 0 Å². The molecule has 4 atom stereocenters. The van der Waals surface area contributed by atoms with Gasteiger partial charge in [0.2, 0.25) is 12.4 Å². The SMILES string of the molecule is OCC1OC(n2cnc(C[OH2+])n2)C(O)C1O. The summed E-state index contributed by atoms with van der Waals surface area (Å²) in [6.45, 7) is -0.448. The highest BCUT2D eigenvalue weighted by molar-refractivity contribution is 4.90. The van der Waals surface area contributed by atoms with E-state index < -0.39 is 24.5 Å². The van der Waals surface area contributed by atoms with E-state index in [0.717, 1.165) is 0 Å². The summed E-state index contributed by atoms with van der Waals surface area (Å²) in [6.07, 6.45) is -2.70. The zero-order chi connectivity index (χ0) is 11.7. The summed E-state index contributed by atoms with van der Waals surface area (Å²) in [5.41, 5.74) is 0. The first-order valence-corrected chi connectivity index (χ1v) is 4.84. The van der Waals surface area contributed by atoms with Crippen LogP contribution in [0.5, 0.6) is 0 Å². The van der Waals surface area contributed by atoms with E-state index in [9.17, 15) is 10.2 Å². The number of aliphatic hydroxyl groups is 3. The lowest BCUT2D eigenvalue weighted by atomic mass is 10.1. The van der Waals surface area contributed by atoms with Gasteiger partial charge in [-0.1, -0.05) is 0 Å². The molecule has 1 aliphatic rings. The van der Waals surface area contributed by atoms with Crippen LogP contribution in [0.1, 0.15) is 12.1 Å². The monoisotopic (exact) mass is 232 g/mol. The predicted octanol–water partition coefficient (Wildman–Crippen LogP) is -2.89. The number of aliphatic hydroxyl groups excluding tert-OH is 3. The Bertz CT molecular complexity index is 357. The number of aromatic nitrogens is 3. The summed E-state index contributed by atoms with van der Waals surface area (Å²) in [6, 6.07) is 0. The summed E-state index contributed by atoms with van der Waals surface area (Å²) < 4.78 is 6.47. The maximum atomic E-state index is 9.67. The van der Waals surface area contributed by atoms with E-state index in [1.807, 2.05) is 0 Å². The van der Waals surface area contributed by atoms with E-state index in [1.54, 1.807) is 0 Å². The molecule has 1 aromatic heterocycles. The topological polar surface area (TPSA) is 124 Å². The second kappa shape index (κ2) is 4.44. The average Bonchev–Trinajstić information content (AvgIpc) is 2.86. The fourth-order valence-electron chi connectivity index (χ4n) is 1.61. The smallest absolute Gasteiger partial charge is 0.226 e. The summed E-state index contributed by atoms with van der Waals surface area (Å²) in [4.78, 5) is 3.82. The Morgan fingerprint density at radius 3 is 2.69 bits per heavy atom. The average molecular weight is 232 g/mol. The summed E-state index contributed by atoms with van der Waals surface area (Å²) in [7, 11) is 0. The fraction of sp³-hybridized carbons (Fsp3) is 0.750. The Labute approximate surface area is 90.7 Å². The van der Waals surface area contributed by atoms with Gasteiger partial charge < -0.3 is 25.2 Å². The lowest BCUT2D eigenvalue weighted by Crippen LogP contribution is -2.33. The Kier molecular flexibility index (Phi) is 3.17. The Hall–Kier alpha value is -1.06. The van der Waals surface area contributed by atoms with Crippen molar-refractivity contribution in [1.82, 2.24) is 14.8 Å². The van der Waals surface area contributed by atoms with Gasteiger partial charge in [0.05, 0.1) is 6.61 Å². The molecule has 0 radical (unpaired) electrons. The molecule has 2 heterocycles.